The van der Waals surface area contributed by atoms with E-state index in [-0.39, 0.29) is 0 Å². The summed E-state index contributed by atoms with van der Waals surface area (Å²) in [6, 6.07) is 0. The van der Waals surface area contributed by atoms with E-state index in [4.69, 9.17) is 0 Å². The Morgan fingerprint density at radius 3 is 1.08 bits per heavy atom. The van der Waals surface area contributed by atoms with Crippen molar-refractivity contribution in [3.63, 3.8) is 0 Å². The van der Waals surface area contributed by atoms with Gasteiger partial charge in [0, 0.05) is 0 Å². The molecule has 0 spiro atoms. The van der Waals surface area contributed by atoms with Gasteiger partial charge in [0.2, 0.25) is 0 Å². The van der Waals surface area contributed by atoms with Crippen LogP contribution in [-0.2, 0) is 0 Å². The van der Waals surface area contributed by atoms with Crippen molar-refractivity contribution in [2.75, 3.05) is 0 Å². The van der Waals surface area contributed by atoms with Crippen molar-refractivity contribution in [3.05, 3.63) is 0 Å². The summed E-state index contributed by atoms with van der Waals surface area (Å²) in [6.07, 6.45) is 0. The molecule has 0 bridgehead atoms. The van der Waals surface area contributed by atoms with Crippen LogP contribution in [0.5, 0.6) is 0 Å². The molecule has 0 aliphatic carbocycles. The first-order chi connectivity index (χ1) is 5.55. The Morgan fingerprint density at radius 2 is 0.923 bits per heavy atom. The molecule has 0 radical (unpaired) electrons. The maximum absolute atomic E-state index is 2.38. The Balaban J connectivity index is 4.15. The summed E-state index contributed by atoms with van der Waals surface area (Å²) in [5.41, 5.74) is 0.916. The van der Waals surface area contributed by atoms with Crippen LogP contribution < -0.4 is 0 Å². The van der Waals surface area contributed by atoms with Gasteiger partial charge in [0.15, 0.2) is 0 Å². The van der Waals surface area contributed by atoms with Gasteiger partial charge in [-0.05, 0) is 10.8 Å². The van der Waals surface area contributed by atoms with Crippen molar-refractivity contribution in [3.8, 4) is 0 Å². The van der Waals surface area contributed by atoms with E-state index in [2.05, 4.69) is 55.4 Å². The molecule has 0 aliphatic heterocycles. The first-order valence-corrected chi connectivity index (χ1v) is 5.55. The largest absolute Gasteiger partial charge is 0.128 e. The Hall–Kier alpha value is 0.0649. The van der Waals surface area contributed by atoms with Crippen LogP contribution >= 0.6 is 0 Å². The van der Waals surface area contributed by atoms with Gasteiger partial charge in [0.25, 0.3) is 0 Å². The van der Waals surface area contributed by atoms with Crippen molar-refractivity contribution in [1.82, 2.24) is 0 Å². The van der Waals surface area contributed by atoms with Gasteiger partial charge < -0.3 is 0 Å². The summed E-state index contributed by atoms with van der Waals surface area (Å²) >= 11 is 0. The van der Waals surface area contributed by atoms with Gasteiger partial charge in [-0.1, -0.05) is 67.0 Å². The normalized spacial score (nSPS) is 18.2. The van der Waals surface area contributed by atoms with Gasteiger partial charge in [-0.2, -0.15) is 0 Å². The van der Waals surface area contributed by atoms with E-state index < -0.39 is 0 Å². The van der Waals surface area contributed by atoms with Crippen LogP contribution in [0, 0.1) is 10.8 Å². The molecule has 0 fully saturated rings. The lowest BCUT2D eigenvalue weighted by Crippen LogP contribution is -2.26. The topological polar surface area (TPSA) is 0 Å². The Labute approximate surface area is 85.7 Å². The zero-order valence-electron chi connectivity index (χ0n) is 10.9. The second kappa shape index (κ2) is 4.06. The molecule has 0 saturated heterocycles. The average molecular weight is 182 g/mol. The molecule has 0 rings (SSSR count). The maximum Gasteiger partial charge on any atom is 0.128 e. The second-order valence-corrected chi connectivity index (χ2v) is 6.77. The zero-order chi connectivity index (χ0) is 10.9. The molecule has 0 aromatic rings. The fourth-order valence-corrected chi connectivity index (χ4v) is 1.24. The molecule has 2 unspecified atom stereocenters. The van der Waals surface area contributed by atoms with E-state index in [0.717, 1.165) is 11.6 Å². The first-order valence-electron chi connectivity index (χ1n) is 5.55. The van der Waals surface area contributed by atoms with Crippen LogP contribution in [0.25, 0.3) is 0 Å². The standard InChI is InChI=1S/C12H27B/c1-9(11(3,4)5)13-10(2)12(6,7)8/h9-10,13H,1-8H3. The van der Waals surface area contributed by atoms with Crippen LogP contribution in [0.15, 0.2) is 0 Å². The second-order valence-electron chi connectivity index (χ2n) is 6.77. The SMILES string of the molecule is CC(BC(C)C(C)(C)C)C(C)(C)C. The fraction of sp³-hybridized carbons (Fsp3) is 1.00. The zero-order valence-corrected chi connectivity index (χ0v) is 10.9. The van der Waals surface area contributed by atoms with Crippen LogP contribution in [0.3, 0.4) is 0 Å². The van der Waals surface area contributed by atoms with Crippen LogP contribution in [0.4, 0.5) is 0 Å². The Kier molecular flexibility index (Phi) is 4.08. The predicted molar refractivity (Wildman–Crippen MR) is 64.9 cm³/mol. The summed E-state index contributed by atoms with van der Waals surface area (Å²) < 4.78 is 0. The van der Waals surface area contributed by atoms with E-state index in [9.17, 15) is 0 Å². The van der Waals surface area contributed by atoms with Gasteiger partial charge in [0.05, 0.1) is 0 Å². The molecule has 2 atom stereocenters. The minimum Gasteiger partial charge on any atom is -0.0689 e. The number of hydrogen-bond acceptors (Lipinski definition) is 0. The van der Waals surface area contributed by atoms with Crippen LogP contribution in [0.2, 0.25) is 11.6 Å². The molecule has 0 nitrogen and oxygen atoms in total. The lowest BCUT2D eigenvalue weighted by atomic mass is 9.45. The lowest BCUT2D eigenvalue weighted by Gasteiger charge is -2.34. The van der Waals surface area contributed by atoms with Gasteiger partial charge in [-0.3, -0.25) is 0 Å². The van der Waals surface area contributed by atoms with Crippen molar-refractivity contribution >= 4 is 7.28 Å². The minimum absolute atomic E-state index is 0.458. The average Bonchev–Trinajstić information content (AvgIpc) is 1.82. The Morgan fingerprint density at radius 1 is 0.692 bits per heavy atom. The minimum atomic E-state index is 0.458. The van der Waals surface area contributed by atoms with E-state index in [1.807, 2.05) is 0 Å². The van der Waals surface area contributed by atoms with E-state index in [0.29, 0.717) is 10.8 Å². The third-order valence-electron chi connectivity index (χ3n) is 3.66. The summed E-state index contributed by atoms with van der Waals surface area (Å²) in [5, 5.41) is 0. The molecule has 0 aliphatic rings. The quantitative estimate of drug-likeness (QED) is 0.563. The van der Waals surface area contributed by atoms with E-state index >= 15 is 0 Å². The molecule has 0 aromatic heterocycles. The molecule has 0 heterocycles. The highest BCUT2D eigenvalue weighted by molar-refractivity contribution is 6.39. The smallest absolute Gasteiger partial charge is 0.0689 e. The molecule has 0 aromatic carbocycles. The maximum atomic E-state index is 2.38. The van der Waals surface area contributed by atoms with Gasteiger partial charge >= 0.3 is 0 Å². The van der Waals surface area contributed by atoms with Gasteiger partial charge in [-0.25, -0.2) is 0 Å². The van der Waals surface area contributed by atoms with Gasteiger partial charge in [-0.15, -0.1) is 0 Å². The van der Waals surface area contributed by atoms with Gasteiger partial charge in [0.1, 0.15) is 7.28 Å². The van der Waals surface area contributed by atoms with Crippen LogP contribution in [-0.4, -0.2) is 7.28 Å². The molecule has 1 heteroatoms. The van der Waals surface area contributed by atoms with Crippen molar-refractivity contribution in [1.29, 1.82) is 0 Å². The highest BCUT2D eigenvalue weighted by atomic mass is 14.2. The molecule has 0 saturated carbocycles. The highest BCUT2D eigenvalue weighted by Gasteiger charge is 2.28. The monoisotopic (exact) mass is 182 g/mol. The van der Waals surface area contributed by atoms with Crippen molar-refractivity contribution in [2.45, 2.75) is 67.0 Å². The third-order valence-corrected chi connectivity index (χ3v) is 3.66. The van der Waals surface area contributed by atoms with Crippen molar-refractivity contribution in [2.24, 2.45) is 10.8 Å². The lowest BCUT2D eigenvalue weighted by molar-refractivity contribution is 0.364. The third kappa shape index (κ3) is 4.74. The fourth-order valence-electron chi connectivity index (χ4n) is 1.24. The molecular weight excluding hydrogens is 155 g/mol. The number of rotatable bonds is 2. The summed E-state index contributed by atoms with van der Waals surface area (Å²) in [5.74, 6) is 1.61. The molecular formula is C12H27B. The highest BCUT2D eigenvalue weighted by Crippen LogP contribution is 2.38. The molecule has 0 N–H and O–H groups in total. The van der Waals surface area contributed by atoms with Crippen molar-refractivity contribution < 1.29 is 0 Å². The predicted octanol–water partition coefficient (Wildman–Crippen LogP) is 4.13. The van der Waals surface area contributed by atoms with E-state index in [1.165, 1.54) is 7.28 Å². The first kappa shape index (κ1) is 13.1. The van der Waals surface area contributed by atoms with Crippen LogP contribution in [0.1, 0.15) is 55.4 Å². The summed E-state index contributed by atoms with van der Waals surface area (Å²) in [6.45, 7) is 18.8. The molecule has 0 amide bonds. The summed E-state index contributed by atoms with van der Waals surface area (Å²) in [7, 11) is 1.34. The molecule has 78 valence electrons. The number of hydrogen-bond donors (Lipinski definition) is 0. The Bertz CT molecular complexity index is 129. The van der Waals surface area contributed by atoms with E-state index in [1.54, 1.807) is 0 Å². The molecule has 13 heavy (non-hydrogen) atoms. The summed E-state index contributed by atoms with van der Waals surface area (Å²) in [4.78, 5) is 0.